The van der Waals surface area contributed by atoms with E-state index in [0.717, 1.165) is 69.0 Å². The van der Waals surface area contributed by atoms with Gasteiger partial charge in [0.05, 0.1) is 7.11 Å². The van der Waals surface area contributed by atoms with E-state index >= 15 is 0 Å². The van der Waals surface area contributed by atoms with Crippen LogP contribution in [0.2, 0.25) is 0 Å². The molecule has 0 aromatic heterocycles. The Labute approximate surface area is 233 Å². The molecule has 0 amide bonds. The SMILES string of the molecule is COc1cc(CC(C)C)ccc1COc1ccc2c(c1)CCC(CN1CCN(c3ccc(O)cc3)CC1)=C2C. The molecular weight excluding hydrogens is 484 g/mol. The van der Waals surface area contributed by atoms with Gasteiger partial charge < -0.3 is 19.5 Å². The zero-order chi connectivity index (χ0) is 27.4. The van der Waals surface area contributed by atoms with Crippen LogP contribution in [-0.2, 0) is 19.4 Å². The summed E-state index contributed by atoms with van der Waals surface area (Å²) < 4.78 is 11.9. The van der Waals surface area contributed by atoms with Crippen LogP contribution < -0.4 is 14.4 Å². The third-order valence-electron chi connectivity index (χ3n) is 8.10. The Morgan fingerprint density at radius 2 is 1.67 bits per heavy atom. The van der Waals surface area contributed by atoms with Gasteiger partial charge in [0, 0.05) is 44.0 Å². The van der Waals surface area contributed by atoms with Gasteiger partial charge in [0.25, 0.3) is 0 Å². The van der Waals surface area contributed by atoms with Crippen LogP contribution in [0.5, 0.6) is 17.2 Å². The van der Waals surface area contributed by atoms with E-state index in [2.05, 4.69) is 67.0 Å². The van der Waals surface area contributed by atoms with E-state index in [4.69, 9.17) is 9.47 Å². The number of ether oxygens (including phenoxy) is 2. The zero-order valence-electron chi connectivity index (χ0n) is 23.9. The van der Waals surface area contributed by atoms with Gasteiger partial charge in [0.1, 0.15) is 23.9 Å². The van der Waals surface area contributed by atoms with Crippen LogP contribution in [-0.4, -0.2) is 49.8 Å². The standard InChI is InChI=1S/C34H42N2O3/c1-24(2)19-26-5-6-29(34(20-26)38-4)23-39-32-13-14-33-25(3)28(8-7-27(33)21-32)22-35-15-17-36(18-16-35)30-9-11-31(37)12-10-30/h5-6,9-14,20-21,24,37H,7-8,15-19,22-23H2,1-4H3. The number of methoxy groups -OCH3 is 1. The Morgan fingerprint density at radius 3 is 2.38 bits per heavy atom. The minimum absolute atomic E-state index is 0.322. The summed E-state index contributed by atoms with van der Waals surface area (Å²) in [6.07, 6.45) is 3.21. The third-order valence-corrected chi connectivity index (χ3v) is 8.10. The van der Waals surface area contributed by atoms with E-state index in [1.807, 2.05) is 12.1 Å². The first-order valence-corrected chi connectivity index (χ1v) is 14.3. The number of hydrogen-bond acceptors (Lipinski definition) is 5. The molecule has 2 aliphatic rings. The molecule has 0 atom stereocenters. The van der Waals surface area contributed by atoms with Crippen LogP contribution in [0, 0.1) is 5.92 Å². The number of aromatic hydroxyl groups is 1. The summed E-state index contributed by atoms with van der Waals surface area (Å²) in [6, 6.07) is 20.6. The highest BCUT2D eigenvalue weighted by Crippen LogP contribution is 2.34. The fraction of sp³-hybridized carbons (Fsp3) is 0.412. The van der Waals surface area contributed by atoms with Crippen molar-refractivity contribution in [3.63, 3.8) is 0 Å². The number of benzene rings is 3. The summed E-state index contributed by atoms with van der Waals surface area (Å²) in [6.45, 7) is 12.4. The first kappa shape index (κ1) is 27.1. The van der Waals surface area contributed by atoms with Crippen LogP contribution in [0.15, 0.2) is 66.2 Å². The Bertz CT molecular complexity index is 1300. The average molecular weight is 527 g/mol. The fourth-order valence-electron chi connectivity index (χ4n) is 5.86. The van der Waals surface area contributed by atoms with Gasteiger partial charge in [-0.3, -0.25) is 4.90 Å². The van der Waals surface area contributed by atoms with E-state index in [0.29, 0.717) is 18.3 Å². The molecule has 1 aliphatic carbocycles. The van der Waals surface area contributed by atoms with Crippen molar-refractivity contribution in [3.8, 4) is 17.2 Å². The maximum atomic E-state index is 9.57. The van der Waals surface area contributed by atoms with Gasteiger partial charge in [0.15, 0.2) is 0 Å². The van der Waals surface area contributed by atoms with Crippen LogP contribution in [0.3, 0.4) is 0 Å². The second-order valence-corrected chi connectivity index (χ2v) is 11.4. The number of fused-ring (bicyclic) bond motifs is 1. The lowest BCUT2D eigenvalue weighted by atomic mass is 9.86. The molecule has 0 spiro atoms. The number of anilines is 1. The molecule has 1 saturated heterocycles. The molecule has 5 rings (SSSR count). The minimum atomic E-state index is 0.322. The first-order chi connectivity index (χ1) is 18.9. The first-order valence-electron chi connectivity index (χ1n) is 14.3. The minimum Gasteiger partial charge on any atom is -0.508 e. The molecule has 3 aromatic carbocycles. The van der Waals surface area contributed by atoms with E-state index in [1.54, 1.807) is 24.8 Å². The molecule has 3 aromatic rings. The van der Waals surface area contributed by atoms with E-state index in [1.165, 1.54) is 28.0 Å². The van der Waals surface area contributed by atoms with Gasteiger partial charge in [-0.25, -0.2) is 0 Å². The summed E-state index contributed by atoms with van der Waals surface area (Å²) in [5.41, 5.74) is 9.29. The van der Waals surface area contributed by atoms with Gasteiger partial charge in [-0.05, 0) is 96.8 Å². The van der Waals surface area contributed by atoms with Crippen molar-refractivity contribution < 1.29 is 14.6 Å². The molecule has 1 heterocycles. The summed E-state index contributed by atoms with van der Waals surface area (Å²) in [5.74, 6) is 2.76. The molecule has 39 heavy (non-hydrogen) atoms. The van der Waals surface area contributed by atoms with E-state index < -0.39 is 0 Å². The monoisotopic (exact) mass is 526 g/mol. The fourth-order valence-corrected chi connectivity index (χ4v) is 5.86. The number of nitrogens with zero attached hydrogens (tertiary/aromatic N) is 2. The number of phenolic OH excluding ortho intramolecular Hbond substituents is 1. The van der Waals surface area contributed by atoms with Crippen LogP contribution >= 0.6 is 0 Å². The Kier molecular flexibility index (Phi) is 8.47. The number of rotatable bonds is 9. The Balaban J connectivity index is 1.19. The lowest BCUT2D eigenvalue weighted by Crippen LogP contribution is -2.47. The highest BCUT2D eigenvalue weighted by molar-refractivity contribution is 5.72. The highest BCUT2D eigenvalue weighted by Gasteiger charge is 2.22. The van der Waals surface area contributed by atoms with Gasteiger partial charge in [0.2, 0.25) is 0 Å². The molecule has 0 unspecified atom stereocenters. The predicted octanol–water partition coefficient (Wildman–Crippen LogP) is 6.72. The van der Waals surface area contributed by atoms with Gasteiger partial charge >= 0.3 is 0 Å². The second kappa shape index (κ2) is 12.2. The van der Waals surface area contributed by atoms with Crippen molar-refractivity contribution in [1.82, 2.24) is 4.90 Å². The van der Waals surface area contributed by atoms with Crippen LogP contribution in [0.25, 0.3) is 5.57 Å². The van der Waals surface area contributed by atoms with Crippen molar-refractivity contribution in [2.45, 2.75) is 46.6 Å². The van der Waals surface area contributed by atoms with Crippen molar-refractivity contribution in [2.75, 3.05) is 44.7 Å². The van der Waals surface area contributed by atoms with Crippen molar-refractivity contribution in [2.24, 2.45) is 5.92 Å². The molecule has 0 saturated carbocycles. The van der Waals surface area contributed by atoms with Crippen LogP contribution in [0.1, 0.15) is 49.4 Å². The van der Waals surface area contributed by atoms with E-state index in [-0.39, 0.29) is 0 Å². The predicted molar refractivity (Wildman–Crippen MR) is 160 cm³/mol. The topological polar surface area (TPSA) is 45.2 Å². The van der Waals surface area contributed by atoms with E-state index in [9.17, 15) is 5.11 Å². The molecule has 206 valence electrons. The maximum absolute atomic E-state index is 9.57. The number of allylic oxidation sites excluding steroid dienone is 1. The lowest BCUT2D eigenvalue weighted by molar-refractivity contribution is 0.276. The number of aryl methyl sites for hydroxylation is 1. The zero-order valence-corrected chi connectivity index (χ0v) is 23.9. The number of phenols is 1. The molecule has 1 N–H and O–H groups in total. The van der Waals surface area contributed by atoms with Crippen LogP contribution in [0.4, 0.5) is 5.69 Å². The van der Waals surface area contributed by atoms with Gasteiger partial charge in [-0.1, -0.05) is 37.6 Å². The van der Waals surface area contributed by atoms with Crippen molar-refractivity contribution in [3.05, 3.63) is 88.5 Å². The van der Waals surface area contributed by atoms with Gasteiger partial charge in [-0.2, -0.15) is 0 Å². The van der Waals surface area contributed by atoms with Gasteiger partial charge in [-0.15, -0.1) is 0 Å². The maximum Gasteiger partial charge on any atom is 0.125 e. The molecular formula is C34H42N2O3. The molecule has 1 fully saturated rings. The molecule has 1 aliphatic heterocycles. The molecule has 5 heteroatoms. The number of hydrogen-bond donors (Lipinski definition) is 1. The second-order valence-electron chi connectivity index (χ2n) is 11.4. The third kappa shape index (κ3) is 6.59. The summed E-state index contributed by atoms with van der Waals surface area (Å²) >= 11 is 0. The number of piperazine rings is 1. The quantitative estimate of drug-likeness (QED) is 0.335. The molecule has 5 nitrogen and oxygen atoms in total. The highest BCUT2D eigenvalue weighted by atomic mass is 16.5. The molecule has 0 bridgehead atoms. The largest absolute Gasteiger partial charge is 0.508 e. The Morgan fingerprint density at radius 1 is 0.897 bits per heavy atom. The molecule has 0 radical (unpaired) electrons. The van der Waals surface area contributed by atoms with Crippen molar-refractivity contribution >= 4 is 11.3 Å². The lowest BCUT2D eigenvalue weighted by Gasteiger charge is -2.37. The Hall–Kier alpha value is -3.44. The van der Waals surface area contributed by atoms with Crippen molar-refractivity contribution in [1.29, 1.82) is 0 Å². The summed E-state index contributed by atoms with van der Waals surface area (Å²) in [7, 11) is 1.74. The summed E-state index contributed by atoms with van der Waals surface area (Å²) in [4.78, 5) is 4.99. The summed E-state index contributed by atoms with van der Waals surface area (Å²) in [5, 5.41) is 9.57. The average Bonchev–Trinajstić information content (AvgIpc) is 2.94. The smallest absolute Gasteiger partial charge is 0.125 e. The normalized spacial score (nSPS) is 16.0.